The first-order chi connectivity index (χ1) is 14.6. The second kappa shape index (κ2) is 8.70. The lowest BCUT2D eigenvalue weighted by Gasteiger charge is -2.39. The number of aliphatic hydroxyl groups excluding tert-OH is 1. The molecule has 8 nitrogen and oxygen atoms in total. The third-order valence-corrected chi connectivity index (χ3v) is 7.57. The van der Waals surface area contributed by atoms with Gasteiger partial charge in [-0.1, -0.05) is 27.2 Å². The highest BCUT2D eigenvalue weighted by Gasteiger charge is 2.78. The molecule has 0 aliphatic carbocycles. The third kappa shape index (κ3) is 3.65. The molecular weight excluding hydrogens is 398 g/mol. The smallest absolute Gasteiger partial charge is 0.246 e. The molecule has 0 aromatic carbocycles. The number of aliphatic hydroxyl groups is 1. The van der Waals surface area contributed by atoms with Crippen molar-refractivity contribution in [3.05, 3.63) is 0 Å². The van der Waals surface area contributed by atoms with Gasteiger partial charge in [-0.2, -0.15) is 0 Å². The molecule has 3 saturated heterocycles. The quantitative estimate of drug-likeness (QED) is 0.503. The zero-order valence-corrected chi connectivity index (χ0v) is 19.7. The molecule has 3 heterocycles. The van der Waals surface area contributed by atoms with Gasteiger partial charge in [0.15, 0.2) is 0 Å². The number of carbonyl (C=O) groups excluding carboxylic acids is 3. The summed E-state index contributed by atoms with van der Waals surface area (Å²) in [6.45, 7) is 11.9. The predicted molar refractivity (Wildman–Crippen MR) is 116 cm³/mol. The SMILES string of the molecule is CCCNC(=O)[C@@H]1[C@H]2C(=O)N([C@@H](CO)[C@@H](C)CC)C(C(=O)NC(C)C)C23CC[C@@]1(C)O3. The molecule has 3 fully saturated rings. The van der Waals surface area contributed by atoms with E-state index in [1.54, 1.807) is 4.90 Å². The number of hydrogen-bond donors (Lipinski definition) is 3. The van der Waals surface area contributed by atoms with E-state index >= 15 is 0 Å². The molecule has 7 atom stereocenters. The van der Waals surface area contributed by atoms with Gasteiger partial charge in [0.05, 0.1) is 30.1 Å². The molecule has 3 N–H and O–H groups in total. The second-order valence-corrected chi connectivity index (χ2v) is 10.1. The van der Waals surface area contributed by atoms with Gasteiger partial charge in [-0.05, 0) is 46.0 Å². The number of nitrogens with zero attached hydrogens (tertiary/aromatic N) is 1. The number of carbonyl (C=O) groups is 3. The minimum atomic E-state index is -1.04. The predicted octanol–water partition coefficient (Wildman–Crippen LogP) is 1.21. The standard InChI is InChI=1S/C23H39N3O5/c1-7-11-24-19(28)16-17-21(30)26(15(12-27)14(5)8-2)18(20(29)25-13(3)4)23(17)10-9-22(16,6)31-23/h13-18,27H,7-12H2,1-6H3,(H,24,28)(H,25,29)/t14-,15-,16-,17-,18?,22+,23?/m0/s1. The minimum Gasteiger partial charge on any atom is -0.394 e. The number of ether oxygens (including phenoxy) is 1. The number of rotatable bonds is 9. The summed E-state index contributed by atoms with van der Waals surface area (Å²) in [5.41, 5.74) is -1.81. The fourth-order valence-electron chi connectivity index (χ4n) is 5.96. The molecule has 3 aliphatic rings. The van der Waals surface area contributed by atoms with Crippen LogP contribution in [0.5, 0.6) is 0 Å². The molecule has 0 radical (unpaired) electrons. The Morgan fingerprint density at radius 2 is 1.90 bits per heavy atom. The van der Waals surface area contributed by atoms with E-state index in [1.165, 1.54) is 0 Å². The molecule has 0 aromatic rings. The van der Waals surface area contributed by atoms with Crippen LogP contribution in [0.4, 0.5) is 0 Å². The lowest BCUT2D eigenvalue weighted by molar-refractivity contribution is -0.151. The summed E-state index contributed by atoms with van der Waals surface area (Å²) in [5, 5.41) is 16.1. The Morgan fingerprint density at radius 3 is 2.45 bits per heavy atom. The van der Waals surface area contributed by atoms with E-state index in [4.69, 9.17) is 4.74 Å². The van der Waals surface area contributed by atoms with Gasteiger partial charge in [-0.25, -0.2) is 0 Å². The van der Waals surface area contributed by atoms with Gasteiger partial charge in [-0.15, -0.1) is 0 Å². The van der Waals surface area contributed by atoms with Gasteiger partial charge in [0.2, 0.25) is 17.7 Å². The molecule has 1 spiro atoms. The van der Waals surface area contributed by atoms with E-state index in [1.807, 2.05) is 41.5 Å². The molecule has 2 unspecified atom stereocenters. The van der Waals surface area contributed by atoms with Crippen LogP contribution >= 0.6 is 0 Å². The Morgan fingerprint density at radius 1 is 1.23 bits per heavy atom. The van der Waals surface area contributed by atoms with Crippen molar-refractivity contribution < 1.29 is 24.2 Å². The minimum absolute atomic E-state index is 0.00122. The van der Waals surface area contributed by atoms with E-state index in [-0.39, 0.29) is 36.3 Å². The van der Waals surface area contributed by atoms with Crippen LogP contribution in [-0.4, -0.2) is 70.2 Å². The molecule has 3 aliphatic heterocycles. The Labute approximate surface area is 185 Å². The highest BCUT2D eigenvalue weighted by atomic mass is 16.5. The Bertz CT molecular complexity index is 728. The summed E-state index contributed by atoms with van der Waals surface area (Å²) in [6.07, 6.45) is 2.71. The number of hydrogen-bond acceptors (Lipinski definition) is 5. The van der Waals surface area contributed by atoms with Gasteiger partial charge >= 0.3 is 0 Å². The summed E-state index contributed by atoms with van der Waals surface area (Å²) in [7, 11) is 0. The Hall–Kier alpha value is -1.67. The van der Waals surface area contributed by atoms with Crippen molar-refractivity contribution in [2.24, 2.45) is 17.8 Å². The topological polar surface area (TPSA) is 108 Å². The van der Waals surface area contributed by atoms with Crippen molar-refractivity contribution in [2.75, 3.05) is 13.2 Å². The summed E-state index contributed by atoms with van der Waals surface area (Å²) in [4.78, 5) is 42.1. The van der Waals surface area contributed by atoms with E-state index in [0.717, 1.165) is 12.8 Å². The fourth-order valence-corrected chi connectivity index (χ4v) is 5.96. The highest BCUT2D eigenvalue weighted by molar-refractivity contribution is 5.99. The van der Waals surface area contributed by atoms with Gasteiger partial charge in [-0.3, -0.25) is 14.4 Å². The van der Waals surface area contributed by atoms with Crippen LogP contribution in [0.1, 0.15) is 67.2 Å². The van der Waals surface area contributed by atoms with Crippen molar-refractivity contribution >= 4 is 17.7 Å². The number of likely N-dealkylation sites (tertiary alicyclic amines) is 1. The molecule has 3 amide bonds. The monoisotopic (exact) mass is 437 g/mol. The molecule has 31 heavy (non-hydrogen) atoms. The average Bonchev–Trinajstić information content (AvgIpc) is 3.27. The third-order valence-electron chi connectivity index (χ3n) is 7.57. The van der Waals surface area contributed by atoms with Crippen molar-refractivity contribution in [3.8, 4) is 0 Å². The average molecular weight is 438 g/mol. The van der Waals surface area contributed by atoms with Crippen LogP contribution in [0.2, 0.25) is 0 Å². The van der Waals surface area contributed by atoms with Gasteiger partial charge in [0.1, 0.15) is 11.6 Å². The molecule has 176 valence electrons. The van der Waals surface area contributed by atoms with Crippen molar-refractivity contribution in [1.82, 2.24) is 15.5 Å². The number of nitrogens with one attached hydrogen (secondary N) is 2. The van der Waals surface area contributed by atoms with Crippen LogP contribution in [0, 0.1) is 17.8 Å². The first-order valence-corrected chi connectivity index (χ1v) is 11.8. The zero-order chi connectivity index (χ0) is 23.1. The van der Waals surface area contributed by atoms with Crippen LogP contribution in [-0.2, 0) is 19.1 Å². The largest absolute Gasteiger partial charge is 0.394 e. The lowest BCUT2D eigenvalue weighted by Crippen LogP contribution is -2.59. The Kier molecular flexibility index (Phi) is 6.73. The summed E-state index contributed by atoms with van der Waals surface area (Å²) < 4.78 is 6.54. The van der Waals surface area contributed by atoms with Crippen molar-refractivity contribution in [2.45, 2.75) is 96.6 Å². The van der Waals surface area contributed by atoms with Gasteiger partial charge in [0.25, 0.3) is 0 Å². The maximum atomic E-state index is 13.9. The van der Waals surface area contributed by atoms with Gasteiger partial charge < -0.3 is 25.4 Å². The summed E-state index contributed by atoms with van der Waals surface area (Å²) in [6, 6.07) is -1.46. The second-order valence-electron chi connectivity index (χ2n) is 10.1. The lowest BCUT2D eigenvalue weighted by atomic mass is 9.66. The molecule has 0 aromatic heterocycles. The van der Waals surface area contributed by atoms with Crippen molar-refractivity contribution in [1.29, 1.82) is 0 Å². The van der Waals surface area contributed by atoms with E-state index in [0.29, 0.717) is 19.4 Å². The molecule has 8 heteroatoms. The van der Waals surface area contributed by atoms with E-state index in [2.05, 4.69) is 10.6 Å². The summed E-state index contributed by atoms with van der Waals surface area (Å²) >= 11 is 0. The molecule has 2 bridgehead atoms. The van der Waals surface area contributed by atoms with Crippen LogP contribution in [0.3, 0.4) is 0 Å². The first kappa shape index (κ1) is 24.0. The van der Waals surface area contributed by atoms with Crippen LogP contribution < -0.4 is 10.6 Å². The van der Waals surface area contributed by atoms with E-state index < -0.39 is 35.1 Å². The molecule has 0 saturated carbocycles. The van der Waals surface area contributed by atoms with Crippen molar-refractivity contribution in [3.63, 3.8) is 0 Å². The first-order valence-electron chi connectivity index (χ1n) is 11.8. The zero-order valence-electron chi connectivity index (χ0n) is 19.7. The maximum Gasteiger partial charge on any atom is 0.246 e. The summed E-state index contributed by atoms with van der Waals surface area (Å²) in [5.74, 6) is -2.06. The number of fused-ring (bicyclic) bond motifs is 1. The maximum absolute atomic E-state index is 13.9. The van der Waals surface area contributed by atoms with Crippen LogP contribution in [0.15, 0.2) is 0 Å². The normalized spacial score (nSPS) is 35.9. The molecule has 3 rings (SSSR count). The van der Waals surface area contributed by atoms with Gasteiger partial charge in [0, 0.05) is 12.6 Å². The molecular formula is C23H39N3O5. The van der Waals surface area contributed by atoms with E-state index in [9.17, 15) is 19.5 Å². The van der Waals surface area contributed by atoms with Crippen LogP contribution in [0.25, 0.3) is 0 Å². The fraction of sp³-hybridized carbons (Fsp3) is 0.870. The number of amides is 3. The Balaban J connectivity index is 2.08. The highest BCUT2D eigenvalue weighted by Crippen LogP contribution is 2.63.